The Kier molecular flexibility index (Phi) is 5.62. The molecule has 0 rings (SSSR count). The van der Waals surface area contributed by atoms with E-state index in [0.29, 0.717) is 0 Å². The van der Waals surface area contributed by atoms with E-state index in [4.69, 9.17) is 5.11 Å². The van der Waals surface area contributed by atoms with E-state index in [1.807, 2.05) is 6.08 Å². The molecule has 0 aliphatic heterocycles. The van der Waals surface area contributed by atoms with Crippen molar-refractivity contribution >= 4 is 21.9 Å². The molecule has 3 heteroatoms. The zero-order valence-electron chi connectivity index (χ0n) is 5.01. The van der Waals surface area contributed by atoms with Crippen LogP contribution < -0.4 is 0 Å². The minimum atomic E-state index is -0.724. The first-order valence-corrected chi connectivity index (χ1v) is 3.66. The lowest BCUT2D eigenvalue weighted by Crippen LogP contribution is -1.92. The average Bonchev–Trinajstić information content (AvgIpc) is 1.80. The van der Waals surface area contributed by atoms with Crippen molar-refractivity contribution < 1.29 is 9.90 Å². The topological polar surface area (TPSA) is 37.3 Å². The number of rotatable bonds is 4. The Labute approximate surface area is 62.7 Å². The Hall–Kier alpha value is -0.310. The van der Waals surface area contributed by atoms with Gasteiger partial charge >= 0.3 is 5.97 Å². The largest absolute Gasteiger partial charge is 0.481 e. The highest BCUT2D eigenvalue weighted by Gasteiger charge is 1.92. The van der Waals surface area contributed by atoms with Gasteiger partial charge < -0.3 is 5.11 Å². The zero-order chi connectivity index (χ0) is 7.11. The van der Waals surface area contributed by atoms with Gasteiger partial charge in [0.25, 0.3) is 0 Å². The normalized spacial score (nSPS) is 10.3. The Morgan fingerprint density at radius 1 is 1.67 bits per heavy atom. The summed E-state index contributed by atoms with van der Waals surface area (Å²) in [5, 5.41) is 8.18. The number of unbranched alkanes of at least 4 members (excludes halogenated alkanes) is 1. The molecule has 0 atom stereocenters. The summed E-state index contributed by atoms with van der Waals surface area (Å²) in [5.41, 5.74) is 0. The molecule has 0 aliphatic carbocycles. The zero-order valence-corrected chi connectivity index (χ0v) is 6.60. The van der Waals surface area contributed by atoms with Crippen molar-refractivity contribution in [1.82, 2.24) is 0 Å². The second-order valence-electron chi connectivity index (χ2n) is 1.65. The molecule has 0 saturated carbocycles. The van der Waals surface area contributed by atoms with Crippen molar-refractivity contribution in [2.24, 2.45) is 0 Å². The van der Waals surface area contributed by atoms with Crippen LogP contribution in [0.4, 0.5) is 0 Å². The van der Waals surface area contributed by atoms with Crippen LogP contribution in [0.25, 0.3) is 0 Å². The first-order valence-electron chi connectivity index (χ1n) is 2.74. The van der Waals surface area contributed by atoms with Gasteiger partial charge in [0.15, 0.2) is 0 Å². The fourth-order valence-electron chi connectivity index (χ4n) is 0.434. The quantitative estimate of drug-likeness (QED) is 0.694. The number of allylic oxidation sites excluding steroid dienone is 1. The third kappa shape index (κ3) is 7.69. The molecule has 0 aromatic carbocycles. The van der Waals surface area contributed by atoms with E-state index in [0.717, 1.165) is 12.8 Å². The Morgan fingerprint density at radius 3 is 2.78 bits per heavy atom. The number of hydrogen-bond acceptors (Lipinski definition) is 1. The molecule has 0 aromatic rings. The van der Waals surface area contributed by atoms with E-state index in [1.165, 1.54) is 0 Å². The van der Waals surface area contributed by atoms with Crippen LogP contribution in [0.15, 0.2) is 11.1 Å². The number of halogens is 1. The molecule has 0 saturated heterocycles. The second-order valence-corrected chi connectivity index (χ2v) is 2.18. The molecule has 0 amide bonds. The van der Waals surface area contributed by atoms with Gasteiger partial charge in [0.1, 0.15) is 0 Å². The second kappa shape index (κ2) is 5.82. The van der Waals surface area contributed by atoms with Gasteiger partial charge in [0, 0.05) is 6.42 Å². The lowest BCUT2D eigenvalue weighted by molar-refractivity contribution is -0.137. The molecule has 2 nitrogen and oxygen atoms in total. The molecule has 1 N–H and O–H groups in total. The number of carbonyl (C=O) groups is 1. The molecular weight excluding hydrogens is 184 g/mol. The summed E-state index contributed by atoms with van der Waals surface area (Å²) in [5.74, 6) is -0.724. The number of carboxylic acid groups (broad SMARTS) is 1. The molecule has 0 spiro atoms. The van der Waals surface area contributed by atoms with Gasteiger partial charge in [-0.25, -0.2) is 0 Å². The maximum atomic E-state index is 9.93. The minimum Gasteiger partial charge on any atom is -0.481 e. The summed E-state index contributed by atoms with van der Waals surface area (Å²) in [4.78, 5) is 11.7. The molecular formula is C6H9BrO2. The third-order valence-electron chi connectivity index (χ3n) is 0.851. The van der Waals surface area contributed by atoms with Gasteiger partial charge in [-0.2, -0.15) is 0 Å². The van der Waals surface area contributed by atoms with Crippen LogP contribution in [-0.2, 0) is 4.79 Å². The van der Waals surface area contributed by atoms with Crippen LogP contribution in [-0.4, -0.2) is 11.1 Å². The van der Waals surface area contributed by atoms with E-state index < -0.39 is 5.97 Å². The summed E-state index contributed by atoms with van der Waals surface area (Å²) >= 11 is 3.09. The van der Waals surface area contributed by atoms with Crippen LogP contribution in [0.3, 0.4) is 0 Å². The van der Waals surface area contributed by atoms with Crippen molar-refractivity contribution in [3.63, 3.8) is 0 Å². The summed E-state index contributed by atoms with van der Waals surface area (Å²) in [7, 11) is 0. The fourth-order valence-corrected chi connectivity index (χ4v) is 0.698. The molecule has 0 radical (unpaired) electrons. The number of hydrogen-bond donors (Lipinski definition) is 1. The monoisotopic (exact) mass is 192 g/mol. The smallest absolute Gasteiger partial charge is 0.303 e. The fraction of sp³-hybridized carbons (Fsp3) is 0.500. The van der Waals surface area contributed by atoms with E-state index in [9.17, 15) is 4.79 Å². The standard InChI is InChI=1S/C6H9BrO2/c7-5-3-1-2-4-6(8)9/h3,5H,1-2,4H2,(H,8,9). The molecule has 0 aliphatic rings. The van der Waals surface area contributed by atoms with Crippen molar-refractivity contribution in [2.75, 3.05) is 0 Å². The molecule has 0 aromatic heterocycles. The Balaban J connectivity index is 3.01. The summed E-state index contributed by atoms with van der Waals surface area (Å²) in [6, 6.07) is 0. The van der Waals surface area contributed by atoms with E-state index in [-0.39, 0.29) is 6.42 Å². The van der Waals surface area contributed by atoms with E-state index >= 15 is 0 Å². The lowest BCUT2D eigenvalue weighted by Gasteiger charge is -1.87. The first-order chi connectivity index (χ1) is 4.27. The molecule has 0 fully saturated rings. The first kappa shape index (κ1) is 8.69. The number of carboxylic acids is 1. The molecule has 9 heavy (non-hydrogen) atoms. The Morgan fingerprint density at radius 2 is 2.33 bits per heavy atom. The van der Waals surface area contributed by atoms with Crippen molar-refractivity contribution in [3.8, 4) is 0 Å². The summed E-state index contributed by atoms with van der Waals surface area (Å²) in [6.07, 6.45) is 3.70. The van der Waals surface area contributed by atoms with Gasteiger partial charge in [-0.1, -0.05) is 22.0 Å². The minimum absolute atomic E-state index is 0.261. The highest BCUT2D eigenvalue weighted by molar-refractivity contribution is 9.11. The van der Waals surface area contributed by atoms with Crippen LogP contribution in [0.2, 0.25) is 0 Å². The SMILES string of the molecule is O=C(O)CCCC=CBr. The van der Waals surface area contributed by atoms with Gasteiger partial charge in [0.05, 0.1) is 0 Å². The van der Waals surface area contributed by atoms with Crippen LogP contribution in [0, 0.1) is 0 Å². The maximum absolute atomic E-state index is 9.93. The molecule has 0 heterocycles. The summed E-state index contributed by atoms with van der Waals surface area (Å²) < 4.78 is 0. The number of aliphatic carboxylic acids is 1. The van der Waals surface area contributed by atoms with Gasteiger partial charge in [0.2, 0.25) is 0 Å². The van der Waals surface area contributed by atoms with Crippen LogP contribution in [0.1, 0.15) is 19.3 Å². The predicted octanol–water partition coefficient (Wildman–Crippen LogP) is 2.15. The highest BCUT2D eigenvalue weighted by atomic mass is 79.9. The van der Waals surface area contributed by atoms with E-state index in [2.05, 4.69) is 15.9 Å². The van der Waals surface area contributed by atoms with Gasteiger partial charge in [-0.15, -0.1) is 0 Å². The van der Waals surface area contributed by atoms with Gasteiger partial charge in [-0.05, 0) is 17.8 Å². The van der Waals surface area contributed by atoms with Gasteiger partial charge in [-0.3, -0.25) is 4.79 Å². The van der Waals surface area contributed by atoms with Crippen molar-refractivity contribution in [1.29, 1.82) is 0 Å². The highest BCUT2D eigenvalue weighted by Crippen LogP contribution is 1.97. The molecule has 52 valence electrons. The van der Waals surface area contributed by atoms with Crippen molar-refractivity contribution in [2.45, 2.75) is 19.3 Å². The van der Waals surface area contributed by atoms with Crippen LogP contribution in [0.5, 0.6) is 0 Å². The summed E-state index contributed by atoms with van der Waals surface area (Å²) in [6.45, 7) is 0. The Bertz CT molecular complexity index is 110. The van der Waals surface area contributed by atoms with E-state index in [1.54, 1.807) is 4.99 Å². The lowest BCUT2D eigenvalue weighted by atomic mass is 10.2. The predicted molar refractivity (Wildman–Crippen MR) is 39.6 cm³/mol. The molecule has 0 unspecified atom stereocenters. The third-order valence-corrected chi connectivity index (χ3v) is 1.22. The van der Waals surface area contributed by atoms with Crippen LogP contribution >= 0.6 is 15.9 Å². The average molecular weight is 193 g/mol. The van der Waals surface area contributed by atoms with Crippen molar-refractivity contribution in [3.05, 3.63) is 11.1 Å². The maximum Gasteiger partial charge on any atom is 0.303 e. The molecule has 0 bridgehead atoms.